The highest BCUT2D eigenvalue weighted by molar-refractivity contribution is 7.98. The summed E-state index contributed by atoms with van der Waals surface area (Å²) in [6, 6.07) is 13.7. The van der Waals surface area contributed by atoms with Gasteiger partial charge in [-0.05, 0) is 55.7 Å². The maximum absolute atomic E-state index is 12.1. The minimum atomic E-state index is -0.518. The van der Waals surface area contributed by atoms with E-state index < -0.39 is 6.10 Å². The molecule has 0 spiro atoms. The fraction of sp³-hybridized carbons (Fsp3) is 0.350. The Morgan fingerprint density at radius 3 is 2.68 bits per heavy atom. The first-order valence-corrected chi connectivity index (χ1v) is 9.83. The van der Waals surface area contributed by atoms with E-state index in [1.165, 1.54) is 5.56 Å². The second-order valence-electron chi connectivity index (χ2n) is 5.94. The zero-order valence-electron chi connectivity index (χ0n) is 14.8. The summed E-state index contributed by atoms with van der Waals surface area (Å²) in [5, 5.41) is 3.70. The third-order valence-corrected chi connectivity index (χ3v) is 5.30. The smallest absolute Gasteiger partial charge is 0.260 e. The molecule has 0 saturated carbocycles. The fourth-order valence-electron chi connectivity index (χ4n) is 2.23. The molecule has 1 N–H and O–H groups in total. The summed E-state index contributed by atoms with van der Waals surface area (Å²) in [5.74, 6) is 2.29. The number of carbonyl (C=O) groups excluding carboxylic acids is 1. The molecule has 25 heavy (non-hydrogen) atoms. The normalized spacial score (nSPS) is 11.8. The number of benzene rings is 2. The van der Waals surface area contributed by atoms with Gasteiger partial charge in [-0.1, -0.05) is 35.9 Å². The van der Waals surface area contributed by atoms with E-state index in [1.807, 2.05) is 49.4 Å². The molecule has 5 heteroatoms. The van der Waals surface area contributed by atoms with Crippen LogP contribution in [0.5, 0.6) is 5.75 Å². The summed E-state index contributed by atoms with van der Waals surface area (Å²) in [5.41, 5.74) is 3.48. The van der Waals surface area contributed by atoms with E-state index in [4.69, 9.17) is 16.3 Å². The number of nitrogens with one attached hydrogen (secondary N) is 1. The predicted octanol–water partition coefficient (Wildman–Crippen LogP) is 4.77. The van der Waals surface area contributed by atoms with Gasteiger partial charge in [0.25, 0.3) is 5.91 Å². The van der Waals surface area contributed by atoms with Crippen LogP contribution in [-0.2, 0) is 10.5 Å². The van der Waals surface area contributed by atoms with Crippen molar-refractivity contribution in [3.8, 4) is 5.75 Å². The van der Waals surface area contributed by atoms with Crippen LogP contribution >= 0.6 is 23.4 Å². The summed E-state index contributed by atoms with van der Waals surface area (Å²) >= 11 is 7.87. The lowest BCUT2D eigenvalue weighted by molar-refractivity contribution is -0.127. The predicted molar refractivity (Wildman–Crippen MR) is 107 cm³/mol. The molecule has 1 amide bonds. The lowest BCUT2D eigenvalue weighted by Gasteiger charge is -2.15. The Balaban J connectivity index is 1.69. The molecule has 0 aromatic heterocycles. The molecule has 134 valence electrons. The molecule has 0 aliphatic heterocycles. The molecule has 0 aliphatic rings. The fourth-order valence-corrected chi connectivity index (χ4v) is 3.38. The first kappa shape index (κ1) is 19.7. The molecule has 0 aliphatic carbocycles. The monoisotopic (exact) mass is 377 g/mol. The van der Waals surface area contributed by atoms with Crippen LogP contribution in [0.3, 0.4) is 0 Å². The van der Waals surface area contributed by atoms with Gasteiger partial charge < -0.3 is 10.1 Å². The number of carbonyl (C=O) groups is 1. The van der Waals surface area contributed by atoms with Crippen LogP contribution in [0.25, 0.3) is 0 Å². The quantitative estimate of drug-likeness (QED) is 0.673. The van der Waals surface area contributed by atoms with Gasteiger partial charge in [0.05, 0.1) is 0 Å². The molecule has 1 atom stereocenters. The summed E-state index contributed by atoms with van der Waals surface area (Å²) in [4.78, 5) is 12.1. The standard InChI is InChI=1S/C20H24ClNO2S/c1-14-8-9-18(12-15(14)2)24-16(3)20(23)22-10-11-25-13-17-6-4-5-7-19(17)21/h4-9,12,16H,10-11,13H2,1-3H3,(H,22,23)/t16-/m0/s1. The van der Waals surface area contributed by atoms with Crippen molar-refractivity contribution in [1.82, 2.24) is 5.32 Å². The van der Waals surface area contributed by atoms with Crippen LogP contribution in [-0.4, -0.2) is 24.3 Å². The van der Waals surface area contributed by atoms with Crippen molar-refractivity contribution in [2.24, 2.45) is 0 Å². The second-order valence-corrected chi connectivity index (χ2v) is 7.45. The van der Waals surface area contributed by atoms with E-state index in [0.29, 0.717) is 6.54 Å². The highest BCUT2D eigenvalue weighted by atomic mass is 35.5. The lowest BCUT2D eigenvalue weighted by atomic mass is 10.1. The Hall–Kier alpha value is -1.65. The third kappa shape index (κ3) is 6.29. The van der Waals surface area contributed by atoms with Gasteiger partial charge in [0.15, 0.2) is 6.10 Å². The highest BCUT2D eigenvalue weighted by Crippen LogP contribution is 2.20. The minimum absolute atomic E-state index is 0.100. The Bertz CT molecular complexity index is 721. The molecule has 0 bridgehead atoms. The summed E-state index contributed by atoms with van der Waals surface area (Å²) < 4.78 is 5.72. The van der Waals surface area contributed by atoms with E-state index in [0.717, 1.165) is 33.4 Å². The lowest BCUT2D eigenvalue weighted by Crippen LogP contribution is -2.37. The van der Waals surface area contributed by atoms with Crippen LogP contribution in [0, 0.1) is 13.8 Å². The van der Waals surface area contributed by atoms with E-state index in [9.17, 15) is 4.79 Å². The van der Waals surface area contributed by atoms with Gasteiger partial charge in [-0.3, -0.25) is 4.79 Å². The SMILES string of the molecule is Cc1ccc(O[C@@H](C)C(=O)NCCSCc2ccccc2Cl)cc1C. The number of amides is 1. The molecule has 0 heterocycles. The van der Waals surface area contributed by atoms with Crippen molar-refractivity contribution in [3.05, 3.63) is 64.2 Å². The van der Waals surface area contributed by atoms with Crippen molar-refractivity contribution in [2.75, 3.05) is 12.3 Å². The summed E-state index contributed by atoms with van der Waals surface area (Å²) in [7, 11) is 0. The first-order valence-electron chi connectivity index (χ1n) is 8.30. The molecular formula is C20H24ClNO2S. The van der Waals surface area contributed by atoms with Crippen molar-refractivity contribution in [1.29, 1.82) is 0 Å². The van der Waals surface area contributed by atoms with E-state index in [-0.39, 0.29) is 5.91 Å². The average Bonchev–Trinajstić information content (AvgIpc) is 2.59. The molecule has 0 unspecified atom stereocenters. The Morgan fingerprint density at radius 2 is 1.96 bits per heavy atom. The third-order valence-electron chi connectivity index (χ3n) is 3.92. The largest absolute Gasteiger partial charge is 0.481 e. The first-order chi connectivity index (χ1) is 12.0. The van der Waals surface area contributed by atoms with Crippen LogP contribution < -0.4 is 10.1 Å². The number of halogens is 1. The maximum Gasteiger partial charge on any atom is 0.260 e. The molecular weight excluding hydrogens is 354 g/mol. The molecule has 0 fully saturated rings. The summed E-state index contributed by atoms with van der Waals surface area (Å²) in [6.07, 6.45) is -0.518. The molecule has 2 aromatic carbocycles. The topological polar surface area (TPSA) is 38.3 Å². The molecule has 0 saturated heterocycles. The van der Waals surface area contributed by atoms with Crippen LogP contribution in [0.15, 0.2) is 42.5 Å². The van der Waals surface area contributed by atoms with E-state index >= 15 is 0 Å². The zero-order valence-corrected chi connectivity index (χ0v) is 16.4. The Morgan fingerprint density at radius 1 is 1.20 bits per heavy atom. The molecule has 0 radical (unpaired) electrons. The number of ether oxygens (including phenoxy) is 1. The minimum Gasteiger partial charge on any atom is -0.481 e. The number of rotatable bonds is 8. The van der Waals surface area contributed by atoms with Crippen LogP contribution in [0.1, 0.15) is 23.6 Å². The van der Waals surface area contributed by atoms with Crippen molar-refractivity contribution in [2.45, 2.75) is 32.6 Å². The van der Waals surface area contributed by atoms with Crippen molar-refractivity contribution >= 4 is 29.3 Å². The zero-order chi connectivity index (χ0) is 18.2. The van der Waals surface area contributed by atoms with Crippen molar-refractivity contribution < 1.29 is 9.53 Å². The van der Waals surface area contributed by atoms with Gasteiger partial charge in [-0.15, -0.1) is 0 Å². The second kappa shape index (κ2) is 9.73. The van der Waals surface area contributed by atoms with Gasteiger partial charge in [0, 0.05) is 23.1 Å². The average molecular weight is 378 g/mol. The van der Waals surface area contributed by atoms with E-state index in [2.05, 4.69) is 12.2 Å². The van der Waals surface area contributed by atoms with Gasteiger partial charge in [0.1, 0.15) is 5.75 Å². The summed E-state index contributed by atoms with van der Waals surface area (Å²) in [6.45, 7) is 6.45. The van der Waals surface area contributed by atoms with Gasteiger partial charge in [0.2, 0.25) is 0 Å². The number of aryl methyl sites for hydroxylation is 2. The molecule has 2 aromatic rings. The maximum atomic E-state index is 12.1. The van der Waals surface area contributed by atoms with Crippen molar-refractivity contribution in [3.63, 3.8) is 0 Å². The molecule has 3 nitrogen and oxygen atoms in total. The molecule has 2 rings (SSSR count). The number of hydrogen-bond donors (Lipinski definition) is 1. The number of hydrogen-bond acceptors (Lipinski definition) is 3. The van der Waals surface area contributed by atoms with Crippen LogP contribution in [0.2, 0.25) is 5.02 Å². The van der Waals surface area contributed by atoms with E-state index in [1.54, 1.807) is 18.7 Å². The van der Waals surface area contributed by atoms with Gasteiger partial charge in [-0.25, -0.2) is 0 Å². The Kier molecular flexibility index (Phi) is 7.66. The highest BCUT2D eigenvalue weighted by Gasteiger charge is 2.14. The van der Waals surface area contributed by atoms with Gasteiger partial charge >= 0.3 is 0 Å². The Labute approximate surface area is 159 Å². The number of thioether (sulfide) groups is 1. The van der Waals surface area contributed by atoms with Crippen LogP contribution in [0.4, 0.5) is 0 Å². The van der Waals surface area contributed by atoms with Gasteiger partial charge in [-0.2, -0.15) is 11.8 Å².